The van der Waals surface area contributed by atoms with Crippen molar-refractivity contribution < 1.29 is 5.11 Å². The third-order valence-corrected chi connectivity index (χ3v) is 3.06. The molecule has 0 aliphatic rings. The molecule has 17 heavy (non-hydrogen) atoms. The summed E-state index contributed by atoms with van der Waals surface area (Å²) in [7, 11) is 0. The molecule has 0 aliphatic heterocycles. The fourth-order valence-electron chi connectivity index (χ4n) is 2.15. The van der Waals surface area contributed by atoms with Crippen LogP contribution in [-0.4, -0.2) is 6.61 Å². The van der Waals surface area contributed by atoms with Crippen molar-refractivity contribution in [3.05, 3.63) is 71.8 Å². The van der Waals surface area contributed by atoms with Gasteiger partial charge in [0.15, 0.2) is 0 Å². The summed E-state index contributed by atoms with van der Waals surface area (Å²) < 4.78 is 0. The van der Waals surface area contributed by atoms with Crippen LogP contribution in [0.5, 0.6) is 0 Å². The van der Waals surface area contributed by atoms with Gasteiger partial charge in [0.1, 0.15) is 0 Å². The topological polar surface area (TPSA) is 19.9 Å². The standard InChI is InChI=1S/C16H17O/c17-12-11-16(15-9-5-2-6-10-15)13-14-7-3-1-4-8-14/h1-10,16H,11-13H2. The first-order valence-electron chi connectivity index (χ1n) is 6.07. The van der Waals surface area contributed by atoms with Gasteiger partial charge in [-0.3, -0.25) is 0 Å². The van der Waals surface area contributed by atoms with Crippen molar-refractivity contribution in [2.24, 2.45) is 0 Å². The predicted molar refractivity (Wildman–Crippen MR) is 69.5 cm³/mol. The highest BCUT2D eigenvalue weighted by molar-refractivity contribution is 5.24. The minimum absolute atomic E-state index is 0.00755. The zero-order valence-corrected chi connectivity index (χ0v) is 9.88. The summed E-state index contributed by atoms with van der Waals surface area (Å²) in [6, 6.07) is 20.7. The van der Waals surface area contributed by atoms with Crippen LogP contribution in [0.25, 0.3) is 0 Å². The Labute approximate surface area is 103 Å². The molecular formula is C16H17O. The third-order valence-electron chi connectivity index (χ3n) is 3.06. The monoisotopic (exact) mass is 225 g/mol. The minimum atomic E-state index is -0.00755. The number of hydrogen-bond acceptors (Lipinski definition) is 0. The van der Waals surface area contributed by atoms with Gasteiger partial charge in [-0.15, -0.1) is 0 Å². The number of rotatable bonds is 5. The van der Waals surface area contributed by atoms with Gasteiger partial charge in [0.05, 0.1) is 6.61 Å². The zero-order chi connectivity index (χ0) is 11.9. The Kier molecular flexibility index (Phi) is 4.34. The smallest absolute Gasteiger partial charge is 0.0828 e. The van der Waals surface area contributed by atoms with Gasteiger partial charge in [0.25, 0.3) is 0 Å². The molecule has 1 radical (unpaired) electrons. The average molecular weight is 225 g/mol. The van der Waals surface area contributed by atoms with Crippen LogP contribution in [0.3, 0.4) is 0 Å². The fourth-order valence-corrected chi connectivity index (χ4v) is 2.15. The quantitative estimate of drug-likeness (QED) is 0.737. The van der Waals surface area contributed by atoms with Crippen LogP contribution in [0.2, 0.25) is 0 Å². The van der Waals surface area contributed by atoms with E-state index in [2.05, 4.69) is 36.4 Å². The first-order valence-corrected chi connectivity index (χ1v) is 6.07. The summed E-state index contributed by atoms with van der Waals surface area (Å²) in [5, 5.41) is 10.9. The maximum Gasteiger partial charge on any atom is 0.0828 e. The van der Waals surface area contributed by atoms with Crippen LogP contribution < -0.4 is 0 Å². The summed E-state index contributed by atoms with van der Waals surface area (Å²) in [5.74, 6) is 0.344. The molecule has 0 amide bonds. The van der Waals surface area contributed by atoms with E-state index < -0.39 is 0 Å². The molecule has 1 nitrogen and oxygen atoms in total. The molecule has 87 valence electrons. The molecule has 2 aromatic carbocycles. The van der Waals surface area contributed by atoms with Crippen LogP contribution in [-0.2, 0) is 11.5 Å². The van der Waals surface area contributed by atoms with Gasteiger partial charge < -0.3 is 0 Å². The molecule has 0 aliphatic carbocycles. The lowest BCUT2D eigenvalue weighted by atomic mass is 9.89. The molecule has 2 rings (SSSR count). The molecule has 0 saturated heterocycles. The molecular weight excluding hydrogens is 208 g/mol. The second kappa shape index (κ2) is 6.21. The second-order valence-corrected chi connectivity index (χ2v) is 4.29. The van der Waals surface area contributed by atoms with E-state index in [1.807, 2.05) is 24.3 Å². The third kappa shape index (κ3) is 3.43. The van der Waals surface area contributed by atoms with Crippen molar-refractivity contribution in [1.82, 2.24) is 0 Å². The van der Waals surface area contributed by atoms with Gasteiger partial charge in [0.2, 0.25) is 0 Å². The fraction of sp³-hybridized carbons (Fsp3) is 0.250. The van der Waals surface area contributed by atoms with E-state index in [0.717, 1.165) is 6.42 Å². The van der Waals surface area contributed by atoms with E-state index in [4.69, 9.17) is 0 Å². The Morgan fingerprint density at radius 3 is 2.00 bits per heavy atom. The highest BCUT2D eigenvalue weighted by atomic mass is 16.3. The Morgan fingerprint density at radius 1 is 0.824 bits per heavy atom. The summed E-state index contributed by atoms with van der Waals surface area (Å²) >= 11 is 0. The second-order valence-electron chi connectivity index (χ2n) is 4.29. The van der Waals surface area contributed by atoms with Gasteiger partial charge in [-0.05, 0) is 29.9 Å². The van der Waals surface area contributed by atoms with Crippen LogP contribution in [0.4, 0.5) is 0 Å². The highest BCUT2D eigenvalue weighted by Crippen LogP contribution is 2.23. The minimum Gasteiger partial charge on any atom is -0.237 e. The summed E-state index contributed by atoms with van der Waals surface area (Å²) in [6.45, 7) is -0.00755. The summed E-state index contributed by atoms with van der Waals surface area (Å²) in [5.41, 5.74) is 2.57. The first kappa shape index (κ1) is 11.9. The maximum absolute atomic E-state index is 10.9. The predicted octanol–water partition coefficient (Wildman–Crippen LogP) is 3.83. The van der Waals surface area contributed by atoms with E-state index in [1.54, 1.807) is 0 Å². The molecule has 0 N–H and O–H groups in total. The largest absolute Gasteiger partial charge is 0.237 e. The van der Waals surface area contributed by atoms with Crippen molar-refractivity contribution in [3.63, 3.8) is 0 Å². The number of benzene rings is 2. The molecule has 1 unspecified atom stereocenters. The van der Waals surface area contributed by atoms with E-state index in [-0.39, 0.29) is 6.61 Å². The Bertz CT molecular complexity index is 422. The lowest BCUT2D eigenvalue weighted by Crippen LogP contribution is -2.04. The molecule has 0 spiro atoms. The van der Waals surface area contributed by atoms with Crippen LogP contribution in [0.1, 0.15) is 23.5 Å². The van der Waals surface area contributed by atoms with Crippen LogP contribution in [0, 0.1) is 0 Å². The Morgan fingerprint density at radius 2 is 1.41 bits per heavy atom. The Balaban J connectivity index is 2.13. The van der Waals surface area contributed by atoms with E-state index in [9.17, 15) is 5.11 Å². The zero-order valence-electron chi connectivity index (χ0n) is 9.88. The summed E-state index contributed by atoms with van der Waals surface area (Å²) in [4.78, 5) is 0. The van der Waals surface area contributed by atoms with E-state index in [1.165, 1.54) is 11.1 Å². The van der Waals surface area contributed by atoms with Gasteiger partial charge >= 0.3 is 0 Å². The van der Waals surface area contributed by atoms with Crippen LogP contribution in [0.15, 0.2) is 60.7 Å². The van der Waals surface area contributed by atoms with Crippen molar-refractivity contribution in [1.29, 1.82) is 0 Å². The van der Waals surface area contributed by atoms with Crippen molar-refractivity contribution in [2.45, 2.75) is 18.8 Å². The maximum atomic E-state index is 10.9. The van der Waals surface area contributed by atoms with Gasteiger partial charge in [0, 0.05) is 0 Å². The van der Waals surface area contributed by atoms with Gasteiger partial charge in [-0.25, -0.2) is 5.11 Å². The van der Waals surface area contributed by atoms with Gasteiger partial charge in [-0.2, -0.15) is 0 Å². The van der Waals surface area contributed by atoms with E-state index in [0.29, 0.717) is 12.3 Å². The molecule has 1 atom stereocenters. The normalized spacial score (nSPS) is 12.3. The lowest BCUT2D eigenvalue weighted by Gasteiger charge is -2.15. The van der Waals surface area contributed by atoms with Crippen LogP contribution >= 0.6 is 0 Å². The molecule has 2 aromatic rings. The Hall–Kier alpha value is -1.60. The SMILES string of the molecule is [O]CCC(Cc1ccccc1)c1ccccc1. The van der Waals surface area contributed by atoms with Crippen molar-refractivity contribution in [2.75, 3.05) is 6.61 Å². The van der Waals surface area contributed by atoms with Gasteiger partial charge in [-0.1, -0.05) is 60.7 Å². The molecule has 0 bridgehead atoms. The first-order chi connectivity index (χ1) is 8.40. The highest BCUT2D eigenvalue weighted by Gasteiger charge is 2.11. The molecule has 0 aromatic heterocycles. The lowest BCUT2D eigenvalue weighted by molar-refractivity contribution is 0.181. The molecule has 0 saturated carbocycles. The number of hydrogen-bond donors (Lipinski definition) is 0. The summed E-state index contributed by atoms with van der Waals surface area (Å²) in [6.07, 6.45) is 1.66. The molecule has 0 fully saturated rings. The van der Waals surface area contributed by atoms with Crippen molar-refractivity contribution >= 4 is 0 Å². The molecule has 1 heteroatoms. The van der Waals surface area contributed by atoms with E-state index >= 15 is 0 Å². The average Bonchev–Trinajstić information content (AvgIpc) is 2.40. The van der Waals surface area contributed by atoms with Crippen molar-refractivity contribution in [3.8, 4) is 0 Å². The molecule has 0 heterocycles.